The zero-order chi connectivity index (χ0) is 11.9. The number of aromatic nitrogens is 1. The molecular weight excluding hydrogens is 279 g/mol. The highest BCUT2D eigenvalue weighted by Crippen LogP contribution is 2.36. The maximum absolute atomic E-state index is 12.2. The van der Waals surface area contributed by atoms with E-state index in [2.05, 4.69) is 20.9 Å². The van der Waals surface area contributed by atoms with E-state index in [1.54, 1.807) is 0 Å². The maximum atomic E-state index is 12.2. The number of aliphatic hydroxyl groups is 2. The molecule has 1 heterocycles. The first kappa shape index (κ1) is 12.4. The molecule has 0 unspecified atom stereocenters. The Morgan fingerprint density at radius 2 is 1.87 bits per heavy atom. The molecule has 0 fully saturated rings. The lowest BCUT2D eigenvalue weighted by molar-refractivity contribution is -0.360. The van der Waals surface area contributed by atoms with Crippen LogP contribution >= 0.6 is 15.9 Å². The van der Waals surface area contributed by atoms with Crippen molar-refractivity contribution in [3.05, 3.63) is 28.0 Å². The van der Waals surface area contributed by atoms with E-state index >= 15 is 0 Å². The topological polar surface area (TPSA) is 53.4 Å². The van der Waals surface area contributed by atoms with Crippen molar-refractivity contribution in [1.29, 1.82) is 0 Å². The van der Waals surface area contributed by atoms with E-state index in [-0.39, 0.29) is 0 Å². The molecule has 1 aromatic heterocycles. The van der Waals surface area contributed by atoms with Crippen LogP contribution in [0, 0.1) is 6.92 Å². The minimum atomic E-state index is -5.18. The Morgan fingerprint density at radius 3 is 2.27 bits per heavy atom. The van der Waals surface area contributed by atoms with Crippen molar-refractivity contribution in [2.45, 2.75) is 18.9 Å². The molecule has 84 valence electrons. The van der Waals surface area contributed by atoms with Gasteiger partial charge in [-0.3, -0.25) is 4.98 Å². The molecule has 0 atom stereocenters. The van der Waals surface area contributed by atoms with Crippen LogP contribution in [-0.2, 0) is 5.79 Å². The highest BCUT2D eigenvalue weighted by atomic mass is 79.9. The van der Waals surface area contributed by atoms with Gasteiger partial charge in [-0.1, -0.05) is 0 Å². The predicted molar refractivity (Wildman–Crippen MR) is 48.8 cm³/mol. The fourth-order valence-corrected chi connectivity index (χ4v) is 1.09. The molecule has 0 saturated heterocycles. The largest absolute Gasteiger partial charge is 0.449 e. The standard InChI is InChI=1S/C8H7BrF3NO2/c1-4-2-6(13-3-5(4)9)7(14,15)8(10,11)12/h2-3,14-15H,1H3. The van der Waals surface area contributed by atoms with Crippen molar-refractivity contribution in [3.8, 4) is 0 Å². The predicted octanol–water partition coefficient (Wildman–Crippen LogP) is 1.85. The zero-order valence-corrected chi connectivity index (χ0v) is 9.09. The van der Waals surface area contributed by atoms with E-state index in [0.29, 0.717) is 10.0 Å². The molecule has 0 saturated carbocycles. The average Bonchev–Trinajstić information content (AvgIpc) is 2.07. The van der Waals surface area contributed by atoms with Gasteiger partial charge in [0.25, 0.3) is 0 Å². The molecule has 7 heteroatoms. The van der Waals surface area contributed by atoms with E-state index in [4.69, 9.17) is 10.2 Å². The van der Waals surface area contributed by atoms with E-state index in [1.807, 2.05) is 0 Å². The van der Waals surface area contributed by atoms with Crippen molar-refractivity contribution in [2.75, 3.05) is 0 Å². The number of halogens is 4. The van der Waals surface area contributed by atoms with Gasteiger partial charge in [0.15, 0.2) is 0 Å². The molecule has 0 spiro atoms. The van der Waals surface area contributed by atoms with Crippen molar-refractivity contribution < 1.29 is 23.4 Å². The van der Waals surface area contributed by atoms with Crippen LogP contribution in [0.5, 0.6) is 0 Å². The SMILES string of the molecule is Cc1cc(C(O)(O)C(F)(F)F)ncc1Br. The summed E-state index contributed by atoms with van der Waals surface area (Å²) in [5, 5.41) is 17.8. The van der Waals surface area contributed by atoms with Crippen LogP contribution in [0.25, 0.3) is 0 Å². The highest BCUT2D eigenvalue weighted by Gasteiger charge is 2.55. The van der Waals surface area contributed by atoms with Gasteiger partial charge in [0, 0.05) is 10.7 Å². The minimum Gasteiger partial charge on any atom is -0.354 e. The second-order valence-corrected chi connectivity index (χ2v) is 3.84. The number of nitrogens with zero attached hydrogens (tertiary/aromatic N) is 1. The number of alkyl halides is 3. The minimum absolute atomic E-state index is 0.428. The molecular formula is C8H7BrF3NO2. The Hall–Kier alpha value is -0.660. The number of hydrogen-bond acceptors (Lipinski definition) is 3. The Labute approximate surface area is 91.7 Å². The van der Waals surface area contributed by atoms with Gasteiger partial charge in [-0.2, -0.15) is 13.2 Å². The van der Waals surface area contributed by atoms with Crippen LogP contribution in [0.15, 0.2) is 16.7 Å². The molecule has 1 rings (SSSR count). The Morgan fingerprint density at radius 1 is 1.33 bits per heavy atom. The smallest absolute Gasteiger partial charge is 0.354 e. The van der Waals surface area contributed by atoms with Crippen molar-refractivity contribution in [3.63, 3.8) is 0 Å². The third-order valence-electron chi connectivity index (χ3n) is 1.80. The van der Waals surface area contributed by atoms with Crippen molar-refractivity contribution >= 4 is 15.9 Å². The van der Waals surface area contributed by atoms with Gasteiger partial charge >= 0.3 is 12.0 Å². The van der Waals surface area contributed by atoms with E-state index in [1.165, 1.54) is 6.92 Å². The molecule has 0 aromatic carbocycles. The molecule has 2 N–H and O–H groups in total. The summed E-state index contributed by atoms with van der Waals surface area (Å²) >= 11 is 3.04. The molecule has 3 nitrogen and oxygen atoms in total. The van der Waals surface area contributed by atoms with Gasteiger partial charge in [-0.15, -0.1) is 0 Å². The summed E-state index contributed by atoms with van der Waals surface area (Å²) in [5.74, 6) is -3.92. The first-order valence-corrected chi connectivity index (χ1v) is 4.59. The lowest BCUT2D eigenvalue weighted by atomic mass is 10.1. The van der Waals surface area contributed by atoms with Gasteiger partial charge in [0.05, 0.1) is 0 Å². The lowest BCUT2D eigenvalue weighted by Gasteiger charge is -2.23. The third kappa shape index (κ3) is 2.30. The number of pyridine rings is 1. The van der Waals surface area contributed by atoms with Crippen molar-refractivity contribution in [1.82, 2.24) is 4.98 Å². The van der Waals surface area contributed by atoms with E-state index in [9.17, 15) is 13.2 Å². The summed E-state index contributed by atoms with van der Waals surface area (Å²) in [6, 6.07) is 0.956. The fraction of sp³-hybridized carbons (Fsp3) is 0.375. The number of aryl methyl sites for hydroxylation is 1. The molecule has 0 aliphatic rings. The molecule has 0 bridgehead atoms. The molecule has 0 aliphatic heterocycles. The van der Waals surface area contributed by atoms with Gasteiger partial charge in [-0.25, -0.2) is 0 Å². The average molecular weight is 286 g/mol. The third-order valence-corrected chi connectivity index (χ3v) is 2.63. The van der Waals surface area contributed by atoms with Gasteiger partial charge in [0.2, 0.25) is 0 Å². The van der Waals surface area contributed by atoms with E-state index < -0.39 is 17.7 Å². The quantitative estimate of drug-likeness (QED) is 0.775. The molecule has 15 heavy (non-hydrogen) atoms. The summed E-state index contributed by atoms with van der Waals surface area (Å²) < 4.78 is 37.1. The van der Waals surface area contributed by atoms with Gasteiger partial charge < -0.3 is 10.2 Å². The molecule has 0 radical (unpaired) electrons. The number of hydrogen-bond donors (Lipinski definition) is 2. The zero-order valence-electron chi connectivity index (χ0n) is 7.51. The molecule has 0 amide bonds. The van der Waals surface area contributed by atoms with Crippen LogP contribution in [0.3, 0.4) is 0 Å². The lowest BCUT2D eigenvalue weighted by Crippen LogP contribution is -2.42. The Balaban J connectivity index is 3.22. The van der Waals surface area contributed by atoms with Crippen LogP contribution in [0.4, 0.5) is 13.2 Å². The first-order valence-electron chi connectivity index (χ1n) is 3.80. The fourth-order valence-electron chi connectivity index (χ4n) is 0.875. The van der Waals surface area contributed by atoms with E-state index in [0.717, 1.165) is 12.3 Å². The summed E-state index contributed by atoms with van der Waals surface area (Å²) in [4.78, 5) is 3.31. The van der Waals surface area contributed by atoms with Crippen molar-refractivity contribution in [2.24, 2.45) is 0 Å². The molecule has 1 aromatic rings. The van der Waals surface area contributed by atoms with Gasteiger partial charge in [-0.05, 0) is 34.5 Å². The van der Waals surface area contributed by atoms with Crippen LogP contribution in [0.1, 0.15) is 11.3 Å². The highest BCUT2D eigenvalue weighted by molar-refractivity contribution is 9.10. The normalized spacial score (nSPS) is 13.0. The van der Waals surface area contributed by atoms with Gasteiger partial charge in [0.1, 0.15) is 5.69 Å². The molecule has 0 aliphatic carbocycles. The second-order valence-electron chi connectivity index (χ2n) is 2.99. The number of rotatable bonds is 1. The summed E-state index contributed by atoms with van der Waals surface area (Å²) in [6.45, 7) is 1.52. The second kappa shape index (κ2) is 3.73. The maximum Gasteiger partial charge on any atom is 0.449 e. The summed E-state index contributed by atoms with van der Waals surface area (Å²) in [7, 11) is 0. The van der Waals surface area contributed by atoms with Crippen LogP contribution < -0.4 is 0 Å². The summed E-state index contributed by atoms with van der Waals surface area (Å²) in [5.41, 5.74) is -0.424. The van der Waals surface area contributed by atoms with Crippen LogP contribution in [0.2, 0.25) is 0 Å². The Bertz CT molecular complexity index is 379. The first-order chi connectivity index (χ1) is 6.66. The van der Waals surface area contributed by atoms with Crippen LogP contribution in [-0.4, -0.2) is 21.4 Å². The Kier molecular flexibility index (Phi) is 3.09. The summed E-state index contributed by atoms with van der Waals surface area (Å²) in [6.07, 6.45) is -4.10. The monoisotopic (exact) mass is 285 g/mol.